The van der Waals surface area contributed by atoms with Crippen molar-refractivity contribution >= 4 is 11.7 Å². The third kappa shape index (κ3) is 3.97. The van der Waals surface area contributed by atoms with E-state index in [2.05, 4.69) is 41.4 Å². The summed E-state index contributed by atoms with van der Waals surface area (Å²) in [7, 11) is 1.98. The predicted molar refractivity (Wildman–Crippen MR) is 84.3 cm³/mol. The normalized spacial score (nSPS) is 16.2. The molecule has 0 bridgehead atoms. The smallest absolute Gasteiger partial charge is 0.221 e. The Labute approximate surface area is 126 Å². The van der Waals surface area contributed by atoms with Gasteiger partial charge in [-0.1, -0.05) is 13.8 Å². The summed E-state index contributed by atoms with van der Waals surface area (Å²) in [5, 5.41) is 11.0. The first-order chi connectivity index (χ1) is 9.99. The molecule has 1 fully saturated rings. The van der Waals surface area contributed by atoms with Crippen molar-refractivity contribution in [1.82, 2.24) is 20.4 Å². The largest absolute Gasteiger partial charge is 0.354 e. The second-order valence-electron chi connectivity index (χ2n) is 6.12. The maximum absolute atomic E-state index is 11.5. The summed E-state index contributed by atoms with van der Waals surface area (Å²) >= 11 is 0. The Balaban J connectivity index is 2.15. The second-order valence-corrected chi connectivity index (χ2v) is 6.12. The van der Waals surface area contributed by atoms with Gasteiger partial charge in [0.25, 0.3) is 0 Å². The highest BCUT2D eigenvalue weighted by Gasteiger charge is 2.21. The number of amides is 1. The molecule has 0 spiro atoms. The van der Waals surface area contributed by atoms with E-state index in [0.29, 0.717) is 18.9 Å². The maximum atomic E-state index is 11.5. The fourth-order valence-corrected chi connectivity index (χ4v) is 2.76. The minimum Gasteiger partial charge on any atom is -0.354 e. The Hall–Kier alpha value is -1.56. The third-order valence-corrected chi connectivity index (χ3v) is 3.78. The van der Waals surface area contributed by atoms with Crippen molar-refractivity contribution in [3.8, 4) is 0 Å². The molecule has 0 atom stereocenters. The molecular formula is C15H27N5O. The predicted octanol–water partition coefficient (Wildman–Crippen LogP) is 0.800. The van der Waals surface area contributed by atoms with Gasteiger partial charge in [0.1, 0.15) is 5.82 Å². The Bertz CT molecular complexity index is 494. The van der Waals surface area contributed by atoms with Crippen molar-refractivity contribution in [2.24, 2.45) is 13.0 Å². The van der Waals surface area contributed by atoms with E-state index in [1.807, 2.05) is 11.7 Å². The summed E-state index contributed by atoms with van der Waals surface area (Å²) in [6, 6.07) is 0. The van der Waals surface area contributed by atoms with Gasteiger partial charge >= 0.3 is 0 Å². The first kappa shape index (κ1) is 15.8. The maximum Gasteiger partial charge on any atom is 0.221 e. The van der Waals surface area contributed by atoms with E-state index in [4.69, 9.17) is 0 Å². The van der Waals surface area contributed by atoms with Gasteiger partial charge in [0, 0.05) is 45.2 Å². The van der Waals surface area contributed by atoms with Gasteiger partial charge in [-0.05, 0) is 19.4 Å². The fourth-order valence-electron chi connectivity index (χ4n) is 2.76. The molecule has 1 amide bonds. The van der Waals surface area contributed by atoms with Crippen LogP contribution in [0.5, 0.6) is 0 Å². The second kappa shape index (κ2) is 6.93. The number of anilines is 1. The average Bonchev–Trinajstić information content (AvgIpc) is 2.58. The zero-order chi connectivity index (χ0) is 15.4. The molecule has 1 aliphatic rings. The molecule has 1 aromatic rings. The van der Waals surface area contributed by atoms with Gasteiger partial charge < -0.3 is 15.5 Å². The van der Waals surface area contributed by atoms with Gasteiger partial charge in [0.2, 0.25) is 5.91 Å². The summed E-state index contributed by atoms with van der Waals surface area (Å²) < 4.78 is 1.94. The standard InChI is InChI=1S/C15H27N5O/c1-11(2)9-16-10-13-12(3)18-19(4)15(13)20-7-5-14(21)17-6-8-20/h11,16H,5-10H2,1-4H3,(H,17,21). The van der Waals surface area contributed by atoms with Crippen LogP contribution in [0, 0.1) is 12.8 Å². The van der Waals surface area contributed by atoms with E-state index in [-0.39, 0.29) is 5.91 Å². The summed E-state index contributed by atoms with van der Waals surface area (Å²) in [6.07, 6.45) is 0.545. The molecule has 0 unspecified atom stereocenters. The van der Waals surface area contributed by atoms with Gasteiger partial charge in [0.05, 0.1) is 5.69 Å². The zero-order valence-corrected chi connectivity index (χ0v) is 13.6. The molecule has 2 rings (SSSR count). The molecule has 0 radical (unpaired) electrons. The van der Waals surface area contributed by atoms with Crippen LogP contribution in [0.3, 0.4) is 0 Å². The van der Waals surface area contributed by atoms with Gasteiger partial charge in [-0.15, -0.1) is 0 Å². The molecule has 2 heterocycles. The van der Waals surface area contributed by atoms with E-state index in [1.165, 1.54) is 5.56 Å². The van der Waals surface area contributed by atoms with E-state index in [0.717, 1.165) is 37.7 Å². The summed E-state index contributed by atoms with van der Waals surface area (Å²) in [5.41, 5.74) is 2.31. The molecule has 118 valence electrons. The molecule has 0 aliphatic carbocycles. The molecule has 6 heteroatoms. The fraction of sp³-hybridized carbons (Fsp3) is 0.733. The Morgan fingerprint density at radius 1 is 1.38 bits per heavy atom. The van der Waals surface area contributed by atoms with Gasteiger partial charge in [0.15, 0.2) is 0 Å². The van der Waals surface area contributed by atoms with Crippen molar-refractivity contribution in [1.29, 1.82) is 0 Å². The highest BCUT2D eigenvalue weighted by atomic mass is 16.1. The minimum absolute atomic E-state index is 0.135. The highest BCUT2D eigenvalue weighted by molar-refractivity contribution is 5.77. The number of nitrogens with zero attached hydrogens (tertiary/aromatic N) is 3. The van der Waals surface area contributed by atoms with Crippen molar-refractivity contribution in [3.63, 3.8) is 0 Å². The lowest BCUT2D eigenvalue weighted by Gasteiger charge is -2.23. The molecule has 1 aromatic heterocycles. The Morgan fingerprint density at radius 2 is 2.14 bits per heavy atom. The van der Waals surface area contributed by atoms with Crippen LogP contribution in [0.25, 0.3) is 0 Å². The summed E-state index contributed by atoms with van der Waals surface area (Å²) in [5.74, 6) is 1.90. The van der Waals surface area contributed by atoms with Gasteiger partial charge in [-0.2, -0.15) is 5.10 Å². The molecule has 0 saturated carbocycles. The summed E-state index contributed by atoms with van der Waals surface area (Å²) in [6.45, 7) is 10.6. The zero-order valence-electron chi connectivity index (χ0n) is 13.6. The lowest BCUT2D eigenvalue weighted by molar-refractivity contribution is -0.120. The lowest BCUT2D eigenvalue weighted by atomic mass is 10.2. The number of hydrogen-bond donors (Lipinski definition) is 2. The van der Waals surface area contributed by atoms with E-state index < -0.39 is 0 Å². The molecule has 6 nitrogen and oxygen atoms in total. The first-order valence-electron chi connectivity index (χ1n) is 7.74. The Kier molecular flexibility index (Phi) is 5.22. The summed E-state index contributed by atoms with van der Waals surface area (Å²) in [4.78, 5) is 13.8. The lowest BCUT2D eigenvalue weighted by Crippen LogP contribution is -2.31. The van der Waals surface area contributed by atoms with Crippen molar-refractivity contribution in [2.45, 2.75) is 33.7 Å². The SMILES string of the molecule is Cc1nn(C)c(N2CCNC(=O)CC2)c1CNCC(C)C. The number of hydrogen-bond acceptors (Lipinski definition) is 4. The van der Waals surface area contributed by atoms with Crippen LogP contribution in [0.15, 0.2) is 0 Å². The van der Waals surface area contributed by atoms with Crippen LogP contribution < -0.4 is 15.5 Å². The Morgan fingerprint density at radius 3 is 2.86 bits per heavy atom. The average molecular weight is 293 g/mol. The quantitative estimate of drug-likeness (QED) is 0.843. The van der Waals surface area contributed by atoms with Crippen LogP contribution in [-0.4, -0.2) is 41.9 Å². The van der Waals surface area contributed by atoms with Crippen LogP contribution in [0.4, 0.5) is 5.82 Å². The molecule has 2 N–H and O–H groups in total. The van der Waals surface area contributed by atoms with Crippen LogP contribution in [-0.2, 0) is 18.4 Å². The molecule has 1 aliphatic heterocycles. The number of aryl methyl sites for hydroxylation is 2. The van der Waals surface area contributed by atoms with Crippen LogP contribution in [0.2, 0.25) is 0 Å². The number of nitrogens with one attached hydrogen (secondary N) is 2. The number of aromatic nitrogens is 2. The van der Waals surface area contributed by atoms with E-state index in [9.17, 15) is 4.79 Å². The molecule has 1 saturated heterocycles. The molecular weight excluding hydrogens is 266 g/mol. The first-order valence-corrected chi connectivity index (χ1v) is 7.74. The van der Waals surface area contributed by atoms with Crippen LogP contribution in [0.1, 0.15) is 31.5 Å². The van der Waals surface area contributed by atoms with Crippen molar-refractivity contribution in [2.75, 3.05) is 31.1 Å². The van der Waals surface area contributed by atoms with Gasteiger partial charge in [-0.3, -0.25) is 9.48 Å². The van der Waals surface area contributed by atoms with Crippen LogP contribution >= 0.6 is 0 Å². The minimum atomic E-state index is 0.135. The topological polar surface area (TPSA) is 62.2 Å². The molecule has 0 aromatic carbocycles. The van der Waals surface area contributed by atoms with Crippen molar-refractivity contribution < 1.29 is 4.79 Å². The van der Waals surface area contributed by atoms with E-state index >= 15 is 0 Å². The van der Waals surface area contributed by atoms with Gasteiger partial charge in [-0.25, -0.2) is 0 Å². The monoisotopic (exact) mass is 293 g/mol. The number of carbonyl (C=O) groups excluding carboxylic acids is 1. The van der Waals surface area contributed by atoms with Crippen molar-refractivity contribution in [3.05, 3.63) is 11.3 Å². The number of carbonyl (C=O) groups is 1. The van der Waals surface area contributed by atoms with E-state index in [1.54, 1.807) is 0 Å². The number of rotatable bonds is 5. The highest BCUT2D eigenvalue weighted by Crippen LogP contribution is 2.23. The molecule has 21 heavy (non-hydrogen) atoms. The third-order valence-electron chi connectivity index (χ3n) is 3.78.